The third-order valence-electron chi connectivity index (χ3n) is 0.167. The standard InChI is InChI=1S/C2H8N2.3C2H4O2.Cu.Na/c3-1-2-4;3*1-2(3)4;;/h1-4H2;3*1H3,(H,3,4);;/q;;;;+2;+1/p-3. The molecule has 0 unspecified atom stereocenters. The number of carbonyl (C=O) groups excluding carboxylic acids is 3. The summed E-state index contributed by atoms with van der Waals surface area (Å²) in [6, 6.07) is 0. The van der Waals surface area contributed by atoms with Crippen LogP contribution in [0.15, 0.2) is 0 Å². The fraction of sp³-hybridized carbons (Fsp3) is 0.625. The normalized spacial score (nSPS) is 5.83. The van der Waals surface area contributed by atoms with Gasteiger partial charge in [-0.1, -0.05) is 0 Å². The predicted octanol–water partition coefficient (Wildman–Crippen LogP) is -7.83. The second-order valence-corrected chi connectivity index (χ2v) is 2.05. The van der Waals surface area contributed by atoms with Gasteiger partial charge in [0, 0.05) is 31.0 Å². The maximum absolute atomic E-state index is 8.89. The van der Waals surface area contributed by atoms with Gasteiger partial charge in [0.05, 0.1) is 0 Å². The van der Waals surface area contributed by atoms with E-state index >= 15 is 0 Å². The Morgan fingerprint density at radius 3 is 0.833 bits per heavy atom. The Morgan fingerprint density at radius 2 is 0.833 bits per heavy atom. The number of hydrogen-bond donors (Lipinski definition) is 2. The molecular weight excluding hydrogens is 307 g/mol. The third-order valence-corrected chi connectivity index (χ3v) is 0.167. The van der Waals surface area contributed by atoms with Crippen molar-refractivity contribution in [1.29, 1.82) is 0 Å². The molecule has 0 atom stereocenters. The van der Waals surface area contributed by atoms with Gasteiger partial charge < -0.3 is 41.2 Å². The molecule has 0 aromatic heterocycles. The Hall–Kier alpha value is -0.151. The second-order valence-electron chi connectivity index (χ2n) is 2.05. The van der Waals surface area contributed by atoms with Crippen LogP contribution in [0.1, 0.15) is 20.8 Å². The summed E-state index contributed by atoms with van der Waals surface area (Å²) in [6.07, 6.45) is 0. The van der Waals surface area contributed by atoms with Crippen LogP contribution in [0, 0.1) is 0 Å². The molecule has 0 saturated carbocycles. The summed E-state index contributed by atoms with van der Waals surface area (Å²) in [6.45, 7) is 4.11. The molecule has 10 heteroatoms. The van der Waals surface area contributed by atoms with E-state index in [1.807, 2.05) is 0 Å². The summed E-state index contributed by atoms with van der Waals surface area (Å²) in [5.74, 6) is -3.25. The molecule has 0 aliphatic carbocycles. The first-order valence-corrected chi connectivity index (χ1v) is 4.04. The van der Waals surface area contributed by atoms with Gasteiger partial charge in [-0.2, -0.15) is 0 Å². The average molecular weight is 324 g/mol. The molecule has 0 bridgehead atoms. The summed E-state index contributed by atoms with van der Waals surface area (Å²) >= 11 is 0. The molecule has 8 nitrogen and oxygen atoms in total. The molecule has 0 fully saturated rings. The van der Waals surface area contributed by atoms with Crippen LogP contribution in [0.5, 0.6) is 0 Å². The summed E-state index contributed by atoms with van der Waals surface area (Å²) in [4.78, 5) is 26.7. The molecule has 0 spiro atoms. The molecule has 0 aromatic carbocycles. The molecule has 1 radical (unpaired) electrons. The zero-order valence-electron chi connectivity index (χ0n) is 10.8. The van der Waals surface area contributed by atoms with Crippen molar-refractivity contribution in [1.82, 2.24) is 0 Å². The van der Waals surface area contributed by atoms with Crippen LogP contribution in [0.25, 0.3) is 0 Å². The zero-order chi connectivity index (χ0) is 14.1. The first-order valence-electron chi connectivity index (χ1n) is 4.04. The van der Waals surface area contributed by atoms with Gasteiger partial charge >= 0.3 is 46.6 Å². The number of carboxylic acid groups (broad SMARTS) is 3. The van der Waals surface area contributed by atoms with Crippen LogP contribution in [0.3, 0.4) is 0 Å². The summed E-state index contributed by atoms with van der Waals surface area (Å²) in [7, 11) is 0. The van der Waals surface area contributed by atoms with Gasteiger partial charge in [0.25, 0.3) is 0 Å². The van der Waals surface area contributed by atoms with E-state index in [4.69, 9.17) is 41.2 Å². The smallest absolute Gasteiger partial charge is 0.550 e. The van der Waals surface area contributed by atoms with Gasteiger partial charge in [0.15, 0.2) is 0 Å². The van der Waals surface area contributed by atoms with E-state index in [2.05, 4.69) is 0 Å². The molecule has 0 aliphatic rings. The van der Waals surface area contributed by atoms with Crippen molar-refractivity contribution in [2.24, 2.45) is 11.5 Å². The Bertz CT molecular complexity index is 152. The minimum Gasteiger partial charge on any atom is -0.550 e. The van der Waals surface area contributed by atoms with E-state index in [-0.39, 0.29) is 46.6 Å². The predicted molar refractivity (Wildman–Crippen MR) is 50.2 cm³/mol. The fourth-order valence-electron chi connectivity index (χ4n) is 0. The van der Waals surface area contributed by atoms with Crippen molar-refractivity contribution >= 4 is 17.9 Å². The van der Waals surface area contributed by atoms with Gasteiger partial charge in [0.1, 0.15) is 0 Å². The zero-order valence-corrected chi connectivity index (χ0v) is 13.8. The Balaban J connectivity index is -0.0000000257. The van der Waals surface area contributed by atoms with Crippen molar-refractivity contribution in [2.45, 2.75) is 20.8 Å². The third kappa shape index (κ3) is 4840. The van der Waals surface area contributed by atoms with E-state index in [0.717, 1.165) is 20.8 Å². The van der Waals surface area contributed by atoms with Gasteiger partial charge in [-0.3, -0.25) is 0 Å². The van der Waals surface area contributed by atoms with Crippen molar-refractivity contribution in [3.8, 4) is 0 Å². The minimum atomic E-state index is -1.08. The molecular formula is C8H17CuN2NaO6. The molecule has 0 rings (SSSR count). The first kappa shape index (κ1) is 36.1. The Labute approximate surface area is 139 Å². The number of carboxylic acids is 3. The fourth-order valence-corrected chi connectivity index (χ4v) is 0. The number of carbonyl (C=O) groups is 3. The second kappa shape index (κ2) is 36.0. The van der Waals surface area contributed by atoms with E-state index in [1.165, 1.54) is 0 Å². The van der Waals surface area contributed by atoms with E-state index < -0.39 is 17.9 Å². The SMILES string of the molecule is CC(=O)[O-].CC(=O)[O-].CC(=O)[O-].NCCN.[Cu+2].[Na+]. The monoisotopic (exact) mass is 323 g/mol. The number of aliphatic carboxylic acids is 3. The average Bonchev–Trinajstić information content (AvgIpc) is 2.00. The molecule has 0 heterocycles. The largest absolute Gasteiger partial charge is 2.00 e. The van der Waals surface area contributed by atoms with Gasteiger partial charge in [-0.25, -0.2) is 0 Å². The molecule has 0 amide bonds. The quantitative estimate of drug-likeness (QED) is 0.447. The van der Waals surface area contributed by atoms with Crippen LogP contribution in [0.2, 0.25) is 0 Å². The first-order chi connectivity index (χ1) is 7.11. The Kier molecular flexibility index (Phi) is 72.1. The minimum absolute atomic E-state index is 0. The van der Waals surface area contributed by atoms with E-state index in [1.54, 1.807) is 0 Å². The van der Waals surface area contributed by atoms with Gasteiger partial charge in [0.2, 0.25) is 0 Å². The van der Waals surface area contributed by atoms with Crippen LogP contribution >= 0.6 is 0 Å². The summed E-state index contributed by atoms with van der Waals surface area (Å²) in [5, 5.41) is 26.7. The van der Waals surface area contributed by atoms with Crippen LogP contribution in [-0.4, -0.2) is 31.0 Å². The number of rotatable bonds is 1. The van der Waals surface area contributed by atoms with Gasteiger partial charge in [-0.15, -0.1) is 0 Å². The Morgan fingerprint density at radius 1 is 0.778 bits per heavy atom. The van der Waals surface area contributed by atoms with Crippen molar-refractivity contribution < 1.29 is 76.3 Å². The van der Waals surface area contributed by atoms with Crippen LogP contribution in [-0.2, 0) is 31.5 Å². The molecule has 18 heavy (non-hydrogen) atoms. The van der Waals surface area contributed by atoms with Crippen molar-refractivity contribution in [3.63, 3.8) is 0 Å². The topological polar surface area (TPSA) is 172 Å². The number of nitrogens with two attached hydrogens (primary N) is 2. The summed E-state index contributed by atoms with van der Waals surface area (Å²) < 4.78 is 0. The van der Waals surface area contributed by atoms with Crippen LogP contribution < -0.4 is 56.3 Å². The van der Waals surface area contributed by atoms with Crippen molar-refractivity contribution in [2.75, 3.05) is 13.1 Å². The molecule has 0 aliphatic heterocycles. The van der Waals surface area contributed by atoms with E-state index in [9.17, 15) is 0 Å². The number of hydrogen-bond acceptors (Lipinski definition) is 8. The van der Waals surface area contributed by atoms with Gasteiger partial charge in [-0.05, 0) is 20.8 Å². The molecule has 107 valence electrons. The summed E-state index contributed by atoms with van der Waals surface area (Å²) in [5.41, 5.74) is 9.81. The molecule has 0 saturated heterocycles. The van der Waals surface area contributed by atoms with E-state index in [0.29, 0.717) is 13.1 Å². The molecule has 0 aromatic rings. The van der Waals surface area contributed by atoms with Crippen molar-refractivity contribution in [3.05, 3.63) is 0 Å². The maximum Gasteiger partial charge on any atom is 2.00 e. The maximum atomic E-state index is 8.89. The molecule has 4 N–H and O–H groups in total. The van der Waals surface area contributed by atoms with Crippen LogP contribution in [0.4, 0.5) is 0 Å².